The van der Waals surface area contributed by atoms with Crippen LogP contribution in [-0.2, 0) is 0 Å². The molecule has 5 N–H and O–H groups in total. The maximum absolute atomic E-state index is 11.3. The van der Waals surface area contributed by atoms with Crippen molar-refractivity contribution in [1.82, 2.24) is 4.98 Å². The smallest absolute Gasteiger partial charge is 0.339 e. The summed E-state index contributed by atoms with van der Waals surface area (Å²) in [6.07, 6.45) is 0.942. The lowest BCUT2D eigenvalue weighted by Gasteiger charge is -2.13. The highest BCUT2D eigenvalue weighted by Gasteiger charge is 2.24. The van der Waals surface area contributed by atoms with E-state index in [0.717, 1.165) is 6.21 Å². The Morgan fingerprint density at radius 2 is 1.93 bits per heavy atom. The van der Waals surface area contributed by atoms with E-state index in [1.165, 1.54) is 25.1 Å². The predicted octanol–water partition coefficient (Wildman–Crippen LogP) is 4.20. The van der Waals surface area contributed by atoms with Gasteiger partial charge in [-0.15, -0.1) is 0 Å². The Labute approximate surface area is 167 Å². The van der Waals surface area contributed by atoms with Gasteiger partial charge in [0.15, 0.2) is 0 Å². The third kappa shape index (κ3) is 3.94. The van der Waals surface area contributed by atoms with Gasteiger partial charge in [-0.25, -0.2) is 9.78 Å². The van der Waals surface area contributed by atoms with Crippen molar-refractivity contribution in [3.05, 3.63) is 52.8 Å². The molecule has 0 bridgehead atoms. The summed E-state index contributed by atoms with van der Waals surface area (Å²) in [4.78, 5) is 15.6. The minimum absolute atomic E-state index is 0.00648. The number of nitrogens with two attached hydrogens (primary N) is 1. The molecule has 0 aliphatic rings. The summed E-state index contributed by atoms with van der Waals surface area (Å²) in [5.41, 5.74) is 7.13. The Kier molecular flexibility index (Phi) is 6.36. The number of carboxylic acids is 1. The van der Waals surface area contributed by atoms with Crippen LogP contribution in [0.1, 0.15) is 41.1 Å². The number of aryl methyl sites for hydroxylation is 1. The molecule has 1 aromatic carbocycles. The molecule has 3 aromatic rings. The van der Waals surface area contributed by atoms with E-state index < -0.39 is 5.97 Å². The highest BCUT2D eigenvalue weighted by molar-refractivity contribution is 5.99. The molecule has 3 rings (SSSR count). The van der Waals surface area contributed by atoms with Gasteiger partial charge in [-0.1, -0.05) is 13.8 Å². The van der Waals surface area contributed by atoms with E-state index in [-0.39, 0.29) is 51.0 Å². The number of nitriles is 1. The summed E-state index contributed by atoms with van der Waals surface area (Å²) >= 11 is 0. The van der Waals surface area contributed by atoms with E-state index in [1.54, 1.807) is 12.1 Å². The van der Waals surface area contributed by atoms with E-state index in [0.29, 0.717) is 5.56 Å². The van der Waals surface area contributed by atoms with E-state index in [4.69, 9.17) is 15.6 Å². The lowest BCUT2D eigenvalue weighted by molar-refractivity contribution is 0.0695. The molecule has 0 atom stereocenters. The van der Waals surface area contributed by atoms with Gasteiger partial charge in [-0.2, -0.15) is 5.26 Å². The number of phenols is 1. The second-order valence-electron chi connectivity index (χ2n) is 5.70. The minimum atomic E-state index is -1.17. The number of benzene rings is 1. The van der Waals surface area contributed by atoms with Crippen molar-refractivity contribution in [2.45, 2.75) is 20.8 Å². The van der Waals surface area contributed by atoms with Gasteiger partial charge in [0, 0.05) is 22.9 Å². The highest BCUT2D eigenvalue weighted by atomic mass is 16.4. The number of phenolic OH excluding ortho intramolecular Hbond substituents is 1. The molecule has 0 amide bonds. The van der Waals surface area contributed by atoms with Crippen LogP contribution in [0.5, 0.6) is 5.75 Å². The zero-order chi connectivity index (χ0) is 21.7. The van der Waals surface area contributed by atoms with Crippen LogP contribution in [0.4, 0.5) is 5.82 Å². The lowest BCUT2D eigenvalue weighted by atomic mass is 9.95. The Hall–Kier alpha value is -4.12. The van der Waals surface area contributed by atoms with Crippen LogP contribution < -0.4 is 5.73 Å². The Morgan fingerprint density at radius 3 is 2.41 bits per heavy atom. The highest BCUT2D eigenvalue weighted by Crippen LogP contribution is 2.37. The molecule has 0 aliphatic heterocycles. The molecule has 0 saturated heterocycles. The zero-order valence-corrected chi connectivity index (χ0v) is 16.1. The van der Waals surface area contributed by atoms with Crippen LogP contribution in [-0.4, -0.2) is 27.4 Å². The number of nitrogens with zero attached hydrogens (tertiary/aromatic N) is 2. The van der Waals surface area contributed by atoms with Gasteiger partial charge < -0.3 is 25.8 Å². The number of carbonyl (C=O) groups is 1. The third-order valence-electron chi connectivity index (χ3n) is 4.06. The Morgan fingerprint density at radius 1 is 1.31 bits per heavy atom. The van der Waals surface area contributed by atoms with Crippen molar-refractivity contribution in [3.8, 4) is 34.4 Å². The van der Waals surface area contributed by atoms with Crippen molar-refractivity contribution in [3.63, 3.8) is 0 Å². The molecule has 0 radical (unpaired) electrons. The first-order chi connectivity index (χ1) is 13.9. The fourth-order valence-corrected chi connectivity index (χ4v) is 2.77. The number of pyridine rings is 1. The second-order valence-corrected chi connectivity index (χ2v) is 5.70. The van der Waals surface area contributed by atoms with Crippen LogP contribution in [0.15, 0.2) is 34.7 Å². The van der Waals surface area contributed by atoms with Gasteiger partial charge in [0.2, 0.25) is 0 Å². The Balaban J connectivity index is 0.00000145. The summed E-state index contributed by atoms with van der Waals surface area (Å²) < 4.78 is 5.55. The molecule has 148 valence electrons. The first kappa shape index (κ1) is 21.2. The largest absolute Gasteiger partial charge is 0.508 e. The van der Waals surface area contributed by atoms with Crippen molar-refractivity contribution < 1.29 is 19.4 Å². The van der Waals surface area contributed by atoms with E-state index in [9.17, 15) is 20.3 Å². The second kappa shape index (κ2) is 8.71. The molecule has 2 aromatic heterocycles. The lowest BCUT2D eigenvalue weighted by Crippen LogP contribution is -2.05. The standard InChI is InChI=1S/C19H14N4O4.C2H6/c1-9-12(19(25)26)6-15(27-9)16-13(7-20)17(23-18(22)14(16)8-21)10-2-4-11(24)5-3-10;1-2/h2-6,8,21,24H,1H3,(H2,22,23)(H,25,26);1-2H3. The number of carboxylic acid groups (broad SMARTS) is 1. The third-order valence-corrected chi connectivity index (χ3v) is 4.06. The van der Waals surface area contributed by atoms with Gasteiger partial charge in [-0.3, -0.25) is 0 Å². The Bertz CT molecular complexity index is 1110. The number of nitrogens with one attached hydrogen (secondary N) is 1. The van der Waals surface area contributed by atoms with E-state index in [1.807, 2.05) is 19.9 Å². The summed E-state index contributed by atoms with van der Waals surface area (Å²) in [5, 5.41) is 36.1. The van der Waals surface area contributed by atoms with Gasteiger partial charge in [0.05, 0.1) is 11.3 Å². The predicted molar refractivity (Wildman–Crippen MR) is 109 cm³/mol. The van der Waals surface area contributed by atoms with Gasteiger partial charge in [0.1, 0.15) is 34.7 Å². The van der Waals surface area contributed by atoms with Crippen LogP contribution in [0.2, 0.25) is 0 Å². The number of rotatable bonds is 4. The van der Waals surface area contributed by atoms with Crippen molar-refractivity contribution in [2.24, 2.45) is 0 Å². The maximum atomic E-state index is 11.3. The quantitative estimate of drug-likeness (QED) is 0.484. The zero-order valence-electron chi connectivity index (χ0n) is 16.1. The normalized spacial score (nSPS) is 9.86. The monoisotopic (exact) mass is 392 g/mol. The number of aromatic nitrogens is 1. The summed E-state index contributed by atoms with van der Waals surface area (Å²) in [6, 6.07) is 9.36. The van der Waals surface area contributed by atoms with Crippen LogP contribution in [0, 0.1) is 23.7 Å². The van der Waals surface area contributed by atoms with Crippen LogP contribution in [0.25, 0.3) is 22.6 Å². The summed E-state index contributed by atoms with van der Waals surface area (Å²) in [5.74, 6) is -0.853. The fourth-order valence-electron chi connectivity index (χ4n) is 2.77. The first-order valence-electron chi connectivity index (χ1n) is 8.75. The fraction of sp³-hybridized carbons (Fsp3) is 0.143. The number of aromatic hydroxyl groups is 1. The molecule has 0 saturated carbocycles. The number of anilines is 1. The SMILES string of the molecule is CC.Cc1oc(-c2c(C#N)c(-c3ccc(O)cc3)nc(N)c2C=N)cc1C(=O)O. The average Bonchev–Trinajstić information content (AvgIpc) is 3.11. The minimum Gasteiger partial charge on any atom is -0.508 e. The summed E-state index contributed by atoms with van der Waals surface area (Å²) in [6.45, 7) is 5.49. The maximum Gasteiger partial charge on any atom is 0.339 e. The van der Waals surface area contributed by atoms with Gasteiger partial charge in [0.25, 0.3) is 0 Å². The van der Waals surface area contributed by atoms with Crippen molar-refractivity contribution in [1.29, 1.82) is 10.7 Å². The molecular weight excluding hydrogens is 372 g/mol. The molecule has 29 heavy (non-hydrogen) atoms. The molecule has 0 fully saturated rings. The summed E-state index contributed by atoms with van der Waals surface area (Å²) in [7, 11) is 0. The molecule has 0 aliphatic carbocycles. The van der Waals surface area contributed by atoms with Crippen molar-refractivity contribution in [2.75, 3.05) is 5.73 Å². The van der Waals surface area contributed by atoms with E-state index >= 15 is 0 Å². The number of aromatic carboxylic acids is 1. The van der Waals surface area contributed by atoms with Gasteiger partial charge in [-0.05, 0) is 37.3 Å². The molecule has 8 heteroatoms. The number of hydrogen-bond acceptors (Lipinski definition) is 7. The number of hydrogen-bond donors (Lipinski definition) is 4. The molecule has 8 nitrogen and oxygen atoms in total. The average molecular weight is 392 g/mol. The molecule has 2 heterocycles. The van der Waals surface area contributed by atoms with Crippen molar-refractivity contribution >= 4 is 18.0 Å². The number of furan rings is 1. The molecular formula is C21H20N4O4. The van der Waals surface area contributed by atoms with E-state index in [2.05, 4.69) is 4.98 Å². The molecule has 0 unspecified atom stereocenters. The first-order valence-corrected chi connectivity index (χ1v) is 8.75. The topological polar surface area (TPSA) is 157 Å². The van der Waals surface area contributed by atoms with Crippen LogP contribution >= 0.6 is 0 Å². The molecule has 0 spiro atoms. The van der Waals surface area contributed by atoms with Gasteiger partial charge >= 0.3 is 5.97 Å². The number of nitrogen functional groups attached to an aromatic ring is 1. The van der Waals surface area contributed by atoms with Crippen LogP contribution in [0.3, 0.4) is 0 Å².